The molecule has 18 heavy (non-hydrogen) atoms. The van der Waals surface area contributed by atoms with Crippen molar-refractivity contribution in [3.8, 4) is 0 Å². The lowest BCUT2D eigenvalue weighted by Gasteiger charge is -2.19. The van der Waals surface area contributed by atoms with Gasteiger partial charge in [-0.2, -0.15) is 5.10 Å². The molecule has 0 fully saturated rings. The molecule has 3 nitrogen and oxygen atoms in total. The van der Waals surface area contributed by atoms with Gasteiger partial charge in [0.05, 0.1) is 11.7 Å². The Morgan fingerprint density at radius 3 is 2.83 bits per heavy atom. The smallest absolute Gasteiger partial charge is 0.0748 e. The van der Waals surface area contributed by atoms with E-state index in [1.807, 2.05) is 24.0 Å². The van der Waals surface area contributed by atoms with Gasteiger partial charge in [-0.3, -0.25) is 4.68 Å². The SMILES string of the molecule is CCCNC(c1cccc(Br)c1)c1ccnn1C. The number of nitrogens with one attached hydrogen (secondary N) is 1. The van der Waals surface area contributed by atoms with E-state index in [4.69, 9.17) is 0 Å². The number of aryl methyl sites for hydroxylation is 1. The van der Waals surface area contributed by atoms with Crippen LogP contribution in [0.15, 0.2) is 41.0 Å². The molecule has 0 aliphatic heterocycles. The summed E-state index contributed by atoms with van der Waals surface area (Å²) in [6.07, 6.45) is 2.95. The molecule has 1 unspecified atom stereocenters. The highest BCUT2D eigenvalue weighted by molar-refractivity contribution is 9.10. The maximum absolute atomic E-state index is 4.26. The minimum Gasteiger partial charge on any atom is -0.305 e. The van der Waals surface area contributed by atoms with Crippen molar-refractivity contribution in [2.24, 2.45) is 7.05 Å². The second-order valence-corrected chi connectivity index (χ2v) is 5.24. The molecule has 0 aliphatic rings. The maximum atomic E-state index is 4.26. The van der Waals surface area contributed by atoms with E-state index in [9.17, 15) is 0 Å². The summed E-state index contributed by atoms with van der Waals surface area (Å²) in [7, 11) is 1.98. The summed E-state index contributed by atoms with van der Waals surface area (Å²) in [5.74, 6) is 0. The minimum absolute atomic E-state index is 0.190. The third-order valence-corrected chi connectivity index (χ3v) is 3.43. The summed E-state index contributed by atoms with van der Waals surface area (Å²) < 4.78 is 3.03. The van der Waals surface area contributed by atoms with Crippen LogP contribution in [0.1, 0.15) is 30.6 Å². The first-order valence-corrected chi connectivity index (χ1v) is 6.98. The van der Waals surface area contributed by atoms with Crippen LogP contribution in [0.4, 0.5) is 0 Å². The molecule has 0 bridgehead atoms. The van der Waals surface area contributed by atoms with Crippen molar-refractivity contribution >= 4 is 15.9 Å². The van der Waals surface area contributed by atoms with Crippen LogP contribution in [-0.4, -0.2) is 16.3 Å². The Kier molecular flexibility index (Phi) is 4.55. The first kappa shape index (κ1) is 13.3. The van der Waals surface area contributed by atoms with Gasteiger partial charge in [0.2, 0.25) is 0 Å². The van der Waals surface area contributed by atoms with Gasteiger partial charge in [0.25, 0.3) is 0 Å². The zero-order chi connectivity index (χ0) is 13.0. The largest absolute Gasteiger partial charge is 0.305 e. The molecular weight excluding hydrogens is 290 g/mol. The lowest BCUT2D eigenvalue weighted by molar-refractivity contribution is 0.553. The van der Waals surface area contributed by atoms with Crippen LogP contribution in [0.25, 0.3) is 0 Å². The molecule has 4 heteroatoms. The van der Waals surface area contributed by atoms with Crippen LogP contribution < -0.4 is 5.32 Å². The van der Waals surface area contributed by atoms with E-state index >= 15 is 0 Å². The van der Waals surface area contributed by atoms with Crippen LogP contribution >= 0.6 is 15.9 Å². The van der Waals surface area contributed by atoms with E-state index < -0.39 is 0 Å². The number of halogens is 1. The monoisotopic (exact) mass is 307 g/mol. The first-order chi connectivity index (χ1) is 8.72. The molecule has 2 aromatic rings. The molecule has 0 saturated heterocycles. The molecule has 0 spiro atoms. The van der Waals surface area contributed by atoms with E-state index in [-0.39, 0.29) is 6.04 Å². The van der Waals surface area contributed by atoms with E-state index in [0.29, 0.717) is 0 Å². The van der Waals surface area contributed by atoms with Gasteiger partial charge in [-0.25, -0.2) is 0 Å². The topological polar surface area (TPSA) is 29.9 Å². The summed E-state index contributed by atoms with van der Waals surface area (Å²) in [6, 6.07) is 10.7. The molecule has 0 aliphatic carbocycles. The fourth-order valence-corrected chi connectivity index (χ4v) is 2.45. The molecule has 96 valence electrons. The third kappa shape index (κ3) is 3.00. The molecule has 1 aromatic heterocycles. The van der Waals surface area contributed by atoms with Crippen molar-refractivity contribution in [3.05, 3.63) is 52.3 Å². The minimum atomic E-state index is 0.190. The number of benzene rings is 1. The van der Waals surface area contributed by atoms with Crippen LogP contribution in [0.2, 0.25) is 0 Å². The van der Waals surface area contributed by atoms with Crippen LogP contribution in [0, 0.1) is 0 Å². The van der Waals surface area contributed by atoms with Gasteiger partial charge in [-0.05, 0) is 36.7 Å². The second-order valence-electron chi connectivity index (χ2n) is 4.32. The average molecular weight is 308 g/mol. The van der Waals surface area contributed by atoms with Gasteiger partial charge in [-0.15, -0.1) is 0 Å². The van der Waals surface area contributed by atoms with Crippen molar-refractivity contribution in [3.63, 3.8) is 0 Å². The van der Waals surface area contributed by atoms with Gasteiger partial charge in [0, 0.05) is 17.7 Å². The Morgan fingerprint density at radius 1 is 1.39 bits per heavy atom. The lowest BCUT2D eigenvalue weighted by Crippen LogP contribution is -2.25. The predicted molar refractivity (Wildman–Crippen MR) is 77.5 cm³/mol. The zero-order valence-corrected chi connectivity index (χ0v) is 12.3. The zero-order valence-electron chi connectivity index (χ0n) is 10.7. The fourth-order valence-electron chi connectivity index (χ4n) is 2.04. The number of nitrogens with zero attached hydrogens (tertiary/aromatic N) is 2. The summed E-state index contributed by atoms with van der Waals surface area (Å²) in [6.45, 7) is 3.16. The van der Waals surface area contributed by atoms with Crippen LogP contribution in [0.3, 0.4) is 0 Å². The van der Waals surface area contributed by atoms with Crippen LogP contribution in [-0.2, 0) is 7.05 Å². The molecule has 1 aromatic carbocycles. The van der Waals surface area contributed by atoms with Gasteiger partial charge in [0.15, 0.2) is 0 Å². The molecule has 0 radical (unpaired) electrons. The summed E-state index contributed by atoms with van der Waals surface area (Å²) in [5, 5.41) is 7.83. The van der Waals surface area contributed by atoms with E-state index in [1.165, 1.54) is 11.3 Å². The second kappa shape index (κ2) is 6.16. The van der Waals surface area contributed by atoms with Crippen molar-refractivity contribution in [2.45, 2.75) is 19.4 Å². The molecule has 2 rings (SSSR count). The molecular formula is C14H18BrN3. The highest BCUT2D eigenvalue weighted by Crippen LogP contribution is 2.24. The highest BCUT2D eigenvalue weighted by atomic mass is 79.9. The van der Waals surface area contributed by atoms with E-state index in [1.54, 1.807) is 0 Å². The number of aromatic nitrogens is 2. The summed E-state index contributed by atoms with van der Waals surface area (Å²) in [5.41, 5.74) is 2.43. The van der Waals surface area contributed by atoms with Crippen molar-refractivity contribution < 1.29 is 0 Å². The standard InChI is InChI=1S/C14H18BrN3/c1-3-8-16-14(13-7-9-17-18(13)2)11-5-4-6-12(15)10-11/h4-7,9-10,14,16H,3,8H2,1-2H3. The van der Waals surface area contributed by atoms with Gasteiger partial charge < -0.3 is 5.32 Å². The number of rotatable bonds is 5. The van der Waals surface area contributed by atoms with Crippen molar-refractivity contribution in [1.82, 2.24) is 15.1 Å². The van der Waals surface area contributed by atoms with Crippen molar-refractivity contribution in [2.75, 3.05) is 6.54 Å². The fraction of sp³-hybridized carbons (Fsp3) is 0.357. The van der Waals surface area contributed by atoms with Gasteiger partial charge in [0.1, 0.15) is 0 Å². The summed E-state index contributed by atoms with van der Waals surface area (Å²) >= 11 is 3.53. The first-order valence-electron chi connectivity index (χ1n) is 6.19. The van der Waals surface area contributed by atoms with Gasteiger partial charge in [-0.1, -0.05) is 35.0 Å². The Hall–Kier alpha value is -1.13. The molecule has 1 atom stereocenters. The maximum Gasteiger partial charge on any atom is 0.0748 e. The molecule has 1 heterocycles. The van der Waals surface area contributed by atoms with E-state index in [0.717, 1.165) is 17.4 Å². The normalized spacial score (nSPS) is 12.6. The molecule has 0 saturated carbocycles. The van der Waals surface area contributed by atoms with E-state index in [2.05, 4.69) is 57.5 Å². The number of hydrogen-bond acceptors (Lipinski definition) is 2. The molecule has 1 N–H and O–H groups in total. The Balaban J connectivity index is 2.33. The number of hydrogen-bond donors (Lipinski definition) is 1. The molecule has 0 amide bonds. The summed E-state index contributed by atoms with van der Waals surface area (Å²) in [4.78, 5) is 0. The average Bonchev–Trinajstić information content (AvgIpc) is 2.77. The Morgan fingerprint density at radius 2 is 2.22 bits per heavy atom. The highest BCUT2D eigenvalue weighted by Gasteiger charge is 2.16. The Labute approximate surface area is 116 Å². The lowest BCUT2D eigenvalue weighted by atomic mass is 10.0. The third-order valence-electron chi connectivity index (χ3n) is 2.94. The van der Waals surface area contributed by atoms with Crippen LogP contribution in [0.5, 0.6) is 0 Å². The van der Waals surface area contributed by atoms with Gasteiger partial charge >= 0.3 is 0 Å². The van der Waals surface area contributed by atoms with Crippen molar-refractivity contribution in [1.29, 1.82) is 0 Å². The quantitative estimate of drug-likeness (QED) is 0.919. The predicted octanol–water partition coefficient (Wildman–Crippen LogP) is 3.27. The Bertz CT molecular complexity index is 507.